The summed E-state index contributed by atoms with van der Waals surface area (Å²) in [6.07, 6.45) is -62.5. The number of hydrogen-bond donors (Lipinski definition) is 23. The van der Waals surface area contributed by atoms with Crippen molar-refractivity contribution in [2.45, 2.75) is 236 Å². The Bertz CT molecular complexity index is 2180. The lowest BCUT2D eigenvalue weighted by Crippen LogP contribution is -2.70. The molecule has 1 unspecified atom stereocenters. The number of nitrogens with one attached hydrogen (secondary N) is 3. The van der Waals surface area contributed by atoms with Gasteiger partial charge in [0.15, 0.2) is 44.0 Å². The highest BCUT2D eigenvalue weighted by atomic mass is 16.8. The summed E-state index contributed by atoms with van der Waals surface area (Å²) in [5, 5.41) is 224. The maximum atomic E-state index is 12.7. The highest BCUT2D eigenvalue weighted by molar-refractivity contribution is 5.74. The molecule has 0 aromatic rings. The van der Waals surface area contributed by atoms with Gasteiger partial charge in [0.1, 0.15) is 171 Å². The highest BCUT2D eigenvalue weighted by Gasteiger charge is 2.58. The molecule has 504 valence electrons. The Kier molecular flexibility index (Phi) is 25.6. The standard InChI is InChI=1S/C48H81N3O36/c1-11(58)49-21-28(65)37(16(6-54)76-42(21)74)83-44-23(51-13(3)60)29(66)38(17(7-55)79-44)85-48-36(73)41(87-47-35(72)32(69)40(19(9-57)81-47)86-46-33(70)30(67)25(62)15(5-53)78-46)26(63)20(82-48)10-75-45-34(71)31(68)39(18(8-56)80-45)84-43-22(50-12(2)59)27(64)24(61)14(4-52)77-43/h14-48,52-57,61-74H,4-10H2,1-3H3,(H,49,58)(H,50,59)(H,51,60)/t14-,15-,16-,17-,18-,19-,20-,21-,22-,23-,24-,25-,26-,27-,28-,29-,30+,31-,32-,33+,34+,35+,36+,37-,38-,39-,40-,41+,42-,43?,44+,45+,46-,47-,48+/m1/s1. The molecule has 39 heteroatoms. The minimum Gasteiger partial charge on any atom is -0.394 e. The van der Waals surface area contributed by atoms with E-state index in [9.17, 15) is 117 Å². The number of hydrogen-bond acceptors (Lipinski definition) is 36. The van der Waals surface area contributed by atoms with Crippen LogP contribution in [0.3, 0.4) is 0 Å². The van der Waals surface area contributed by atoms with Crippen LogP contribution in [0.15, 0.2) is 0 Å². The molecule has 0 saturated carbocycles. The minimum atomic E-state index is -2.38. The van der Waals surface area contributed by atoms with Gasteiger partial charge in [0, 0.05) is 20.8 Å². The summed E-state index contributed by atoms with van der Waals surface area (Å²) in [6, 6.07) is -4.95. The largest absolute Gasteiger partial charge is 0.394 e. The fourth-order valence-corrected chi connectivity index (χ4v) is 11.1. The van der Waals surface area contributed by atoms with Gasteiger partial charge in [0.05, 0.1) is 46.2 Å². The summed E-state index contributed by atoms with van der Waals surface area (Å²) in [4.78, 5) is 36.7. The topological polar surface area (TPSA) is 612 Å². The number of carbonyl (C=O) groups is 3. The Hall–Kier alpha value is -2.91. The van der Waals surface area contributed by atoms with Crippen molar-refractivity contribution in [1.82, 2.24) is 16.0 Å². The van der Waals surface area contributed by atoms with Crippen LogP contribution in [0.5, 0.6) is 0 Å². The molecule has 0 spiro atoms. The molecular formula is C48H81N3O36. The Morgan fingerprint density at radius 1 is 0.299 bits per heavy atom. The second-order valence-electron chi connectivity index (χ2n) is 21.8. The molecule has 7 rings (SSSR count). The highest BCUT2D eigenvalue weighted by Crippen LogP contribution is 2.37. The average Bonchev–Trinajstić information content (AvgIpc) is 1.56. The quantitative estimate of drug-likeness (QED) is 0.0479. The van der Waals surface area contributed by atoms with Crippen molar-refractivity contribution in [2.24, 2.45) is 0 Å². The lowest BCUT2D eigenvalue weighted by Gasteiger charge is -2.50. The van der Waals surface area contributed by atoms with Crippen LogP contribution in [0, 0.1) is 0 Å². The first-order valence-electron chi connectivity index (χ1n) is 27.6. The van der Waals surface area contributed by atoms with E-state index in [1.165, 1.54) is 0 Å². The lowest BCUT2D eigenvalue weighted by atomic mass is 9.94. The Balaban J connectivity index is 1.15. The molecule has 87 heavy (non-hydrogen) atoms. The van der Waals surface area contributed by atoms with Crippen molar-refractivity contribution in [3.8, 4) is 0 Å². The van der Waals surface area contributed by atoms with Crippen molar-refractivity contribution in [3.05, 3.63) is 0 Å². The summed E-state index contributed by atoms with van der Waals surface area (Å²) in [6.45, 7) is -3.87. The van der Waals surface area contributed by atoms with Crippen LogP contribution in [0.2, 0.25) is 0 Å². The average molecular weight is 1280 g/mol. The van der Waals surface area contributed by atoms with Gasteiger partial charge in [0.25, 0.3) is 0 Å². The number of rotatable bonds is 22. The van der Waals surface area contributed by atoms with E-state index >= 15 is 0 Å². The maximum absolute atomic E-state index is 12.7. The maximum Gasteiger partial charge on any atom is 0.217 e. The summed E-state index contributed by atoms with van der Waals surface area (Å²) in [5.74, 6) is -2.36. The first-order chi connectivity index (χ1) is 41.1. The van der Waals surface area contributed by atoms with E-state index in [4.69, 9.17) is 61.6 Å². The third-order valence-corrected chi connectivity index (χ3v) is 15.7. The fraction of sp³-hybridized carbons (Fsp3) is 0.938. The summed E-state index contributed by atoms with van der Waals surface area (Å²) < 4.78 is 74.8. The van der Waals surface area contributed by atoms with Gasteiger partial charge in [-0.1, -0.05) is 0 Å². The predicted molar refractivity (Wildman–Crippen MR) is 267 cm³/mol. The van der Waals surface area contributed by atoms with Gasteiger partial charge in [0.2, 0.25) is 17.7 Å². The number of aliphatic hydroxyl groups excluding tert-OH is 20. The van der Waals surface area contributed by atoms with E-state index < -0.39 is 279 Å². The molecule has 0 aliphatic carbocycles. The van der Waals surface area contributed by atoms with Crippen molar-refractivity contribution >= 4 is 17.7 Å². The van der Waals surface area contributed by atoms with E-state index in [2.05, 4.69) is 16.0 Å². The van der Waals surface area contributed by atoms with Gasteiger partial charge in [-0.2, -0.15) is 0 Å². The molecule has 23 N–H and O–H groups in total. The first-order valence-corrected chi connectivity index (χ1v) is 27.6. The van der Waals surface area contributed by atoms with E-state index in [1.807, 2.05) is 0 Å². The zero-order valence-corrected chi connectivity index (χ0v) is 46.6. The first kappa shape index (κ1) is 71.5. The molecule has 35 atom stereocenters. The molecule has 7 aliphatic heterocycles. The zero-order valence-electron chi connectivity index (χ0n) is 46.6. The molecule has 0 aromatic carbocycles. The molecule has 7 fully saturated rings. The van der Waals surface area contributed by atoms with Crippen molar-refractivity contribution in [2.75, 3.05) is 46.2 Å². The molecule has 7 aliphatic rings. The third kappa shape index (κ3) is 15.8. The van der Waals surface area contributed by atoms with Crippen LogP contribution in [-0.4, -0.2) is 381 Å². The van der Waals surface area contributed by atoms with Crippen LogP contribution in [-0.2, 0) is 76.0 Å². The van der Waals surface area contributed by atoms with Gasteiger partial charge in [-0.3, -0.25) is 14.4 Å². The lowest BCUT2D eigenvalue weighted by molar-refractivity contribution is -0.392. The number of carbonyl (C=O) groups excluding carboxylic acids is 3. The monoisotopic (exact) mass is 1280 g/mol. The van der Waals surface area contributed by atoms with Crippen LogP contribution in [0.1, 0.15) is 20.8 Å². The summed E-state index contributed by atoms with van der Waals surface area (Å²) in [7, 11) is 0. The fourth-order valence-electron chi connectivity index (χ4n) is 11.1. The molecule has 0 aromatic heterocycles. The molecule has 7 heterocycles. The van der Waals surface area contributed by atoms with Crippen LogP contribution >= 0.6 is 0 Å². The molecule has 7 saturated heterocycles. The Morgan fingerprint density at radius 2 is 0.609 bits per heavy atom. The van der Waals surface area contributed by atoms with Gasteiger partial charge >= 0.3 is 0 Å². The smallest absolute Gasteiger partial charge is 0.217 e. The molecule has 39 nitrogen and oxygen atoms in total. The number of aliphatic hydroxyl groups is 20. The molecule has 3 amide bonds. The number of amides is 3. The van der Waals surface area contributed by atoms with E-state index in [0.717, 1.165) is 20.8 Å². The normalized spacial score (nSPS) is 48.9. The van der Waals surface area contributed by atoms with Crippen molar-refractivity contribution in [3.63, 3.8) is 0 Å². The third-order valence-electron chi connectivity index (χ3n) is 15.7. The Labute approximate surface area is 492 Å². The predicted octanol–water partition coefficient (Wildman–Crippen LogP) is -15.8. The Morgan fingerprint density at radius 3 is 1.08 bits per heavy atom. The zero-order chi connectivity index (χ0) is 64.2. The van der Waals surface area contributed by atoms with Crippen LogP contribution < -0.4 is 16.0 Å². The number of ether oxygens (including phenoxy) is 13. The van der Waals surface area contributed by atoms with Crippen molar-refractivity contribution < 1.29 is 178 Å². The van der Waals surface area contributed by atoms with Crippen LogP contribution in [0.4, 0.5) is 0 Å². The van der Waals surface area contributed by atoms with Crippen molar-refractivity contribution in [1.29, 1.82) is 0 Å². The molecule has 0 bridgehead atoms. The van der Waals surface area contributed by atoms with Gasteiger partial charge < -0.3 is 180 Å². The van der Waals surface area contributed by atoms with Gasteiger partial charge in [-0.05, 0) is 0 Å². The second kappa shape index (κ2) is 31.1. The molecule has 0 radical (unpaired) electrons. The minimum absolute atomic E-state index is 0.740. The SMILES string of the molecule is CC(=O)N[C@@H]1[C@@H](O)[C@H](O[C@@H]2O[C@H](CO)[C@@H](O[C@@H]3O[C@H](CO[C@H]4O[C@H](CO)[C@@H](OC5O[C@H](CO)[C@@H](O)[C@H](O)[C@H]5NC(C)=O)[C@H](O)[C@@H]4O)[C@@H](O)[C@H](O[C@H]4O[C@H](CO)[C@@H](O[C@H]5O[C@H](CO)[C@@H](O)[C@H](O)[C@@H]5O)[C@H](O)[C@@H]4O)[C@@H]3O)[C@H](O)[C@H]2NC(C)=O)[C@@H](CO)O[C@H]1O. The van der Waals surface area contributed by atoms with E-state index in [0.29, 0.717) is 0 Å². The van der Waals surface area contributed by atoms with E-state index in [-0.39, 0.29) is 0 Å². The van der Waals surface area contributed by atoms with Crippen LogP contribution in [0.25, 0.3) is 0 Å². The summed E-state index contributed by atoms with van der Waals surface area (Å²) in [5.41, 5.74) is 0. The molecular weight excluding hydrogens is 1190 g/mol. The second-order valence-corrected chi connectivity index (χ2v) is 21.8. The van der Waals surface area contributed by atoms with E-state index in [1.54, 1.807) is 0 Å². The van der Waals surface area contributed by atoms with Gasteiger partial charge in [-0.25, -0.2) is 0 Å². The summed E-state index contributed by atoms with van der Waals surface area (Å²) >= 11 is 0. The van der Waals surface area contributed by atoms with Gasteiger partial charge in [-0.15, -0.1) is 0 Å².